The number of unbranched alkanes of at least 4 members (excludes halogenated alkanes) is 1. The molecule has 1 aromatic heterocycles. The van der Waals surface area contributed by atoms with Gasteiger partial charge in [0.15, 0.2) is 0 Å². The molecule has 0 radical (unpaired) electrons. The lowest BCUT2D eigenvalue weighted by Crippen LogP contribution is -2.07. The maximum Gasteiger partial charge on any atom is 0.335 e. The number of nitrogens with zero attached hydrogens (tertiary/aromatic N) is 3. The summed E-state index contributed by atoms with van der Waals surface area (Å²) in [6, 6.07) is 15.3. The molecule has 140 valence electrons. The fraction of sp³-hybridized carbons (Fsp3) is 0.286. The molecule has 0 bridgehead atoms. The van der Waals surface area contributed by atoms with Gasteiger partial charge in [0.05, 0.1) is 12.1 Å². The van der Waals surface area contributed by atoms with Crippen molar-refractivity contribution in [3.63, 3.8) is 0 Å². The molecule has 5 nitrogen and oxygen atoms in total. The first-order valence-corrected chi connectivity index (χ1v) is 9.42. The van der Waals surface area contributed by atoms with Gasteiger partial charge in [0.1, 0.15) is 5.82 Å². The number of rotatable bonds is 8. The fourth-order valence-corrected chi connectivity index (χ4v) is 3.16. The molecule has 0 fully saturated rings. The number of halogens is 1. The second-order valence-corrected chi connectivity index (χ2v) is 6.90. The topological polar surface area (TPSA) is 68.0 Å². The van der Waals surface area contributed by atoms with Gasteiger partial charge in [0.2, 0.25) is 5.28 Å². The van der Waals surface area contributed by atoms with Gasteiger partial charge < -0.3 is 5.11 Å². The van der Waals surface area contributed by atoms with Crippen LogP contribution in [-0.2, 0) is 19.4 Å². The molecule has 0 saturated carbocycles. The van der Waals surface area contributed by atoms with Crippen molar-refractivity contribution in [1.29, 1.82) is 0 Å². The average molecular weight is 384 g/mol. The number of benzene rings is 2. The minimum absolute atomic E-state index is 0.288. The van der Waals surface area contributed by atoms with Crippen molar-refractivity contribution in [3.05, 3.63) is 81.9 Å². The van der Waals surface area contributed by atoms with E-state index in [0.717, 1.165) is 41.8 Å². The summed E-state index contributed by atoms with van der Waals surface area (Å²) in [4.78, 5) is 15.4. The van der Waals surface area contributed by atoms with Gasteiger partial charge in [-0.2, -0.15) is 0 Å². The van der Waals surface area contributed by atoms with Gasteiger partial charge in [-0.3, -0.25) is 0 Å². The molecule has 0 amide bonds. The summed E-state index contributed by atoms with van der Waals surface area (Å²) in [5, 5.41) is 13.7. The van der Waals surface area contributed by atoms with E-state index >= 15 is 0 Å². The smallest absolute Gasteiger partial charge is 0.335 e. The van der Waals surface area contributed by atoms with Crippen molar-refractivity contribution in [1.82, 2.24) is 14.8 Å². The second-order valence-electron chi connectivity index (χ2n) is 6.56. The highest BCUT2D eigenvalue weighted by atomic mass is 35.5. The first-order chi connectivity index (χ1) is 13.0. The van der Waals surface area contributed by atoms with Crippen LogP contribution in [-0.4, -0.2) is 25.8 Å². The van der Waals surface area contributed by atoms with Crippen molar-refractivity contribution >= 4 is 17.6 Å². The van der Waals surface area contributed by atoms with Gasteiger partial charge in [-0.25, -0.2) is 14.5 Å². The van der Waals surface area contributed by atoms with Crippen LogP contribution in [0.5, 0.6) is 0 Å². The summed E-state index contributed by atoms with van der Waals surface area (Å²) in [6.07, 6.45) is 3.72. The lowest BCUT2D eigenvalue weighted by molar-refractivity contribution is 0.0696. The van der Waals surface area contributed by atoms with Crippen LogP contribution in [0.15, 0.2) is 48.5 Å². The number of carbonyl (C=O) groups is 1. The number of carboxylic acid groups (broad SMARTS) is 1. The highest BCUT2D eigenvalue weighted by molar-refractivity contribution is 6.28. The molecule has 1 heterocycles. The molecular formula is C21H22ClN3O2. The minimum Gasteiger partial charge on any atom is -0.478 e. The molecular weight excluding hydrogens is 362 g/mol. The number of aryl methyl sites for hydroxylation is 1. The van der Waals surface area contributed by atoms with Gasteiger partial charge in [-0.05, 0) is 53.3 Å². The Morgan fingerprint density at radius 3 is 2.56 bits per heavy atom. The van der Waals surface area contributed by atoms with Gasteiger partial charge in [-0.15, -0.1) is 5.10 Å². The molecule has 0 aliphatic heterocycles. The molecule has 0 unspecified atom stereocenters. The zero-order valence-electron chi connectivity index (χ0n) is 15.2. The van der Waals surface area contributed by atoms with E-state index in [2.05, 4.69) is 41.3 Å². The molecule has 0 aliphatic rings. The molecule has 3 rings (SSSR count). The van der Waals surface area contributed by atoms with Crippen LogP contribution in [0.4, 0.5) is 0 Å². The van der Waals surface area contributed by atoms with Crippen LogP contribution in [0.2, 0.25) is 5.28 Å². The van der Waals surface area contributed by atoms with Crippen molar-refractivity contribution < 1.29 is 9.90 Å². The molecule has 0 atom stereocenters. The number of hydrogen-bond donors (Lipinski definition) is 1. The third kappa shape index (κ3) is 5.17. The maximum atomic E-state index is 11.1. The van der Waals surface area contributed by atoms with E-state index in [1.165, 1.54) is 0 Å². The predicted molar refractivity (Wildman–Crippen MR) is 105 cm³/mol. The Hall–Kier alpha value is -2.66. The molecule has 6 heteroatoms. The maximum absolute atomic E-state index is 11.1. The second kappa shape index (κ2) is 8.82. The number of aromatic carboxylic acids is 1. The van der Waals surface area contributed by atoms with E-state index in [4.69, 9.17) is 16.7 Å². The summed E-state index contributed by atoms with van der Waals surface area (Å²) >= 11 is 5.98. The van der Waals surface area contributed by atoms with Crippen molar-refractivity contribution in [2.24, 2.45) is 0 Å². The van der Waals surface area contributed by atoms with Crippen molar-refractivity contribution in [2.75, 3.05) is 0 Å². The van der Waals surface area contributed by atoms with Gasteiger partial charge in [0, 0.05) is 6.42 Å². The summed E-state index contributed by atoms with van der Waals surface area (Å²) in [7, 11) is 0. The van der Waals surface area contributed by atoms with E-state index in [-0.39, 0.29) is 5.28 Å². The number of aromatic nitrogens is 3. The SMILES string of the molecule is CCCCc1nc(Cl)nn1Cc1ccc(Cc2cccc(C(=O)O)c2)cc1. The first kappa shape index (κ1) is 19.1. The molecule has 3 aromatic rings. The monoisotopic (exact) mass is 383 g/mol. The highest BCUT2D eigenvalue weighted by Gasteiger charge is 2.09. The molecule has 0 spiro atoms. The number of hydrogen-bond acceptors (Lipinski definition) is 3. The van der Waals surface area contributed by atoms with Crippen LogP contribution in [0, 0.1) is 0 Å². The van der Waals surface area contributed by atoms with Crippen LogP contribution in [0.1, 0.15) is 52.6 Å². The zero-order valence-corrected chi connectivity index (χ0v) is 16.0. The number of carboxylic acids is 1. The molecule has 27 heavy (non-hydrogen) atoms. The highest BCUT2D eigenvalue weighted by Crippen LogP contribution is 2.15. The van der Waals surface area contributed by atoms with Crippen molar-refractivity contribution in [3.8, 4) is 0 Å². The zero-order chi connectivity index (χ0) is 19.2. The van der Waals surface area contributed by atoms with Gasteiger partial charge >= 0.3 is 5.97 Å². The molecule has 0 aliphatic carbocycles. The van der Waals surface area contributed by atoms with E-state index in [1.54, 1.807) is 18.2 Å². The van der Waals surface area contributed by atoms with Crippen LogP contribution < -0.4 is 0 Å². The van der Waals surface area contributed by atoms with E-state index in [9.17, 15) is 4.79 Å². The lowest BCUT2D eigenvalue weighted by atomic mass is 10.0. The van der Waals surface area contributed by atoms with Gasteiger partial charge in [0.25, 0.3) is 0 Å². The lowest BCUT2D eigenvalue weighted by Gasteiger charge is -2.08. The summed E-state index contributed by atoms with van der Waals surface area (Å²) in [5.74, 6) is 0.00831. The largest absolute Gasteiger partial charge is 0.478 e. The Balaban J connectivity index is 1.69. The van der Waals surface area contributed by atoms with Gasteiger partial charge in [-0.1, -0.05) is 49.7 Å². The fourth-order valence-electron chi connectivity index (χ4n) is 2.98. The van der Waals surface area contributed by atoms with Crippen molar-refractivity contribution in [2.45, 2.75) is 39.2 Å². The summed E-state index contributed by atoms with van der Waals surface area (Å²) in [5.41, 5.74) is 3.54. The summed E-state index contributed by atoms with van der Waals surface area (Å²) in [6.45, 7) is 2.78. The third-order valence-corrected chi connectivity index (χ3v) is 4.57. The van der Waals surface area contributed by atoms with Crippen LogP contribution in [0.25, 0.3) is 0 Å². The molecule has 2 aromatic carbocycles. The average Bonchev–Trinajstić information content (AvgIpc) is 3.01. The predicted octanol–water partition coefficient (Wildman–Crippen LogP) is 4.61. The Labute approximate surface area is 163 Å². The standard InChI is InChI=1S/C21H22ClN3O2/c1-2-3-7-19-23-21(22)24-25(19)14-16-10-8-15(9-11-16)12-17-5-4-6-18(13-17)20(26)27/h4-6,8-11,13H,2-3,7,12,14H2,1H3,(H,26,27). The quantitative estimate of drug-likeness (QED) is 0.616. The third-order valence-electron chi connectivity index (χ3n) is 4.41. The van der Waals surface area contributed by atoms with E-state index in [1.807, 2.05) is 10.7 Å². The Kier molecular flexibility index (Phi) is 6.24. The molecule has 0 saturated heterocycles. The van der Waals surface area contributed by atoms with Crippen LogP contribution in [0.3, 0.4) is 0 Å². The summed E-state index contributed by atoms with van der Waals surface area (Å²) < 4.78 is 1.86. The Morgan fingerprint density at radius 1 is 1.11 bits per heavy atom. The van der Waals surface area contributed by atoms with Crippen LogP contribution >= 0.6 is 11.6 Å². The van der Waals surface area contributed by atoms with E-state index < -0.39 is 5.97 Å². The minimum atomic E-state index is -0.905. The Morgan fingerprint density at radius 2 is 1.85 bits per heavy atom. The first-order valence-electron chi connectivity index (χ1n) is 9.04. The van der Waals surface area contributed by atoms with E-state index in [0.29, 0.717) is 18.5 Å². The normalized spacial score (nSPS) is 10.9. The Bertz CT molecular complexity index is 919. The molecule has 1 N–H and O–H groups in total.